The standard InChI is InChI=1S/C15H23ClN2O4S/c1-21-13-3-4-14(16)15(11-13)23(19,20)18-8-5-12(6-9-18)22-10-2-7-17/h3-4,11-12H,2,5-10,17H2,1H3. The maximum Gasteiger partial charge on any atom is 0.244 e. The van der Waals surface area contributed by atoms with Gasteiger partial charge in [-0.2, -0.15) is 4.31 Å². The van der Waals surface area contributed by atoms with Crippen molar-refractivity contribution in [1.82, 2.24) is 4.31 Å². The highest BCUT2D eigenvalue weighted by molar-refractivity contribution is 7.89. The zero-order valence-electron chi connectivity index (χ0n) is 13.2. The van der Waals surface area contributed by atoms with E-state index >= 15 is 0 Å². The van der Waals surface area contributed by atoms with E-state index in [1.807, 2.05) is 0 Å². The van der Waals surface area contributed by atoms with Gasteiger partial charge in [-0.05, 0) is 37.9 Å². The molecule has 23 heavy (non-hydrogen) atoms. The Labute approximate surface area is 142 Å². The van der Waals surface area contributed by atoms with E-state index in [1.165, 1.54) is 23.5 Å². The lowest BCUT2D eigenvalue weighted by Gasteiger charge is -2.31. The van der Waals surface area contributed by atoms with Gasteiger partial charge in [0.05, 0.1) is 18.2 Å². The number of ether oxygens (including phenoxy) is 2. The Hall–Kier alpha value is -0.860. The molecule has 0 radical (unpaired) electrons. The molecule has 2 rings (SSSR count). The fourth-order valence-corrected chi connectivity index (χ4v) is 4.48. The maximum absolute atomic E-state index is 12.8. The fraction of sp³-hybridized carbons (Fsp3) is 0.600. The Morgan fingerprint density at radius 3 is 2.65 bits per heavy atom. The summed E-state index contributed by atoms with van der Waals surface area (Å²) < 4.78 is 37.8. The lowest BCUT2D eigenvalue weighted by molar-refractivity contribution is 0.0209. The predicted molar refractivity (Wildman–Crippen MR) is 89.4 cm³/mol. The number of halogens is 1. The number of hydrogen-bond acceptors (Lipinski definition) is 5. The van der Waals surface area contributed by atoms with Gasteiger partial charge >= 0.3 is 0 Å². The van der Waals surface area contributed by atoms with Crippen LogP contribution in [0.2, 0.25) is 5.02 Å². The van der Waals surface area contributed by atoms with Crippen LogP contribution in [0.4, 0.5) is 0 Å². The molecular formula is C15H23ClN2O4S. The van der Waals surface area contributed by atoms with Crippen molar-refractivity contribution in [3.63, 3.8) is 0 Å². The molecule has 1 saturated heterocycles. The summed E-state index contributed by atoms with van der Waals surface area (Å²) in [6, 6.07) is 4.64. The normalized spacial score (nSPS) is 17.3. The van der Waals surface area contributed by atoms with Gasteiger partial charge in [-0.15, -0.1) is 0 Å². The molecule has 1 heterocycles. The zero-order chi connectivity index (χ0) is 16.9. The van der Waals surface area contributed by atoms with Crippen LogP contribution in [-0.2, 0) is 14.8 Å². The zero-order valence-corrected chi connectivity index (χ0v) is 14.8. The molecule has 1 aromatic carbocycles. The largest absolute Gasteiger partial charge is 0.497 e. The van der Waals surface area contributed by atoms with Crippen molar-refractivity contribution in [3.8, 4) is 5.75 Å². The molecule has 1 aromatic rings. The molecule has 0 amide bonds. The first-order chi connectivity index (χ1) is 11.0. The van der Waals surface area contributed by atoms with Gasteiger partial charge in [-0.1, -0.05) is 11.6 Å². The second-order valence-corrected chi connectivity index (χ2v) is 7.73. The van der Waals surface area contributed by atoms with E-state index in [4.69, 9.17) is 26.8 Å². The van der Waals surface area contributed by atoms with Crippen molar-refractivity contribution in [2.45, 2.75) is 30.3 Å². The molecule has 0 aromatic heterocycles. The first-order valence-electron chi connectivity index (χ1n) is 7.64. The van der Waals surface area contributed by atoms with E-state index in [0.717, 1.165) is 6.42 Å². The van der Waals surface area contributed by atoms with Crippen molar-refractivity contribution >= 4 is 21.6 Å². The summed E-state index contributed by atoms with van der Waals surface area (Å²) in [5.74, 6) is 0.466. The van der Waals surface area contributed by atoms with Crippen LogP contribution in [0.3, 0.4) is 0 Å². The molecule has 0 aliphatic carbocycles. The van der Waals surface area contributed by atoms with Crippen molar-refractivity contribution < 1.29 is 17.9 Å². The minimum Gasteiger partial charge on any atom is -0.497 e. The van der Waals surface area contributed by atoms with Gasteiger partial charge in [0.25, 0.3) is 0 Å². The van der Waals surface area contributed by atoms with Gasteiger partial charge < -0.3 is 15.2 Å². The fourth-order valence-electron chi connectivity index (χ4n) is 2.52. The smallest absolute Gasteiger partial charge is 0.244 e. The number of rotatable bonds is 7. The molecule has 0 spiro atoms. The highest BCUT2D eigenvalue weighted by Crippen LogP contribution is 2.30. The molecule has 1 aliphatic heterocycles. The molecule has 2 N–H and O–H groups in total. The summed E-state index contributed by atoms with van der Waals surface area (Å²) in [4.78, 5) is 0.0843. The van der Waals surface area contributed by atoms with Crippen molar-refractivity contribution in [2.75, 3.05) is 33.4 Å². The van der Waals surface area contributed by atoms with Crippen molar-refractivity contribution in [3.05, 3.63) is 23.2 Å². The summed E-state index contributed by atoms with van der Waals surface area (Å²) in [5, 5.41) is 0.201. The summed E-state index contributed by atoms with van der Waals surface area (Å²) in [6.45, 7) is 2.06. The highest BCUT2D eigenvalue weighted by Gasteiger charge is 2.31. The van der Waals surface area contributed by atoms with Gasteiger partial charge in [0.15, 0.2) is 0 Å². The third-order valence-corrected chi connectivity index (χ3v) is 6.24. The topological polar surface area (TPSA) is 81.9 Å². The molecular weight excluding hydrogens is 340 g/mol. The first kappa shape index (κ1) is 18.5. The van der Waals surface area contributed by atoms with E-state index < -0.39 is 10.0 Å². The lowest BCUT2D eigenvalue weighted by atomic mass is 10.1. The van der Waals surface area contributed by atoms with Gasteiger partial charge in [0.1, 0.15) is 10.6 Å². The number of sulfonamides is 1. The lowest BCUT2D eigenvalue weighted by Crippen LogP contribution is -2.41. The minimum atomic E-state index is -3.63. The first-order valence-corrected chi connectivity index (χ1v) is 9.46. The maximum atomic E-state index is 12.8. The summed E-state index contributed by atoms with van der Waals surface area (Å²) in [7, 11) is -2.14. The van der Waals surface area contributed by atoms with Crippen LogP contribution < -0.4 is 10.5 Å². The molecule has 8 heteroatoms. The van der Waals surface area contributed by atoms with Crippen molar-refractivity contribution in [2.24, 2.45) is 5.73 Å². The third kappa shape index (κ3) is 4.58. The molecule has 0 bridgehead atoms. The van der Waals surface area contributed by atoms with Gasteiger partial charge in [0.2, 0.25) is 10.0 Å². The predicted octanol–water partition coefficient (Wildman–Crippen LogP) is 1.87. The summed E-state index contributed by atoms with van der Waals surface area (Å²) >= 11 is 6.07. The van der Waals surface area contributed by atoms with Gasteiger partial charge in [-0.3, -0.25) is 0 Å². The molecule has 0 unspecified atom stereocenters. The van der Waals surface area contributed by atoms with E-state index in [2.05, 4.69) is 0 Å². The van der Waals surface area contributed by atoms with Crippen LogP contribution in [0, 0.1) is 0 Å². The highest BCUT2D eigenvalue weighted by atomic mass is 35.5. The average molecular weight is 363 g/mol. The number of benzene rings is 1. The molecule has 1 aliphatic rings. The molecule has 0 atom stereocenters. The number of nitrogens with two attached hydrogens (primary N) is 1. The average Bonchev–Trinajstić information content (AvgIpc) is 2.56. The Kier molecular flexibility index (Phi) is 6.67. The van der Waals surface area contributed by atoms with Crippen LogP contribution in [-0.4, -0.2) is 52.2 Å². The van der Waals surface area contributed by atoms with Crippen LogP contribution in [0.1, 0.15) is 19.3 Å². The number of nitrogens with zero attached hydrogens (tertiary/aromatic N) is 1. The van der Waals surface area contributed by atoms with E-state index in [0.29, 0.717) is 44.8 Å². The van der Waals surface area contributed by atoms with Crippen molar-refractivity contribution in [1.29, 1.82) is 0 Å². The number of methoxy groups -OCH3 is 1. The molecule has 130 valence electrons. The Morgan fingerprint density at radius 2 is 2.04 bits per heavy atom. The van der Waals surface area contributed by atoms with Crippen LogP contribution >= 0.6 is 11.6 Å². The Balaban J connectivity index is 2.04. The second kappa shape index (κ2) is 8.30. The van der Waals surface area contributed by atoms with E-state index in [1.54, 1.807) is 6.07 Å². The molecule has 6 nitrogen and oxygen atoms in total. The van der Waals surface area contributed by atoms with Gasteiger partial charge in [-0.25, -0.2) is 8.42 Å². The van der Waals surface area contributed by atoms with E-state index in [9.17, 15) is 8.42 Å². The monoisotopic (exact) mass is 362 g/mol. The van der Waals surface area contributed by atoms with Crippen LogP contribution in [0.25, 0.3) is 0 Å². The summed E-state index contributed by atoms with van der Waals surface area (Å²) in [5.41, 5.74) is 5.44. The van der Waals surface area contributed by atoms with E-state index in [-0.39, 0.29) is 16.0 Å². The molecule has 0 saturated carbocycles. The molecule has 1 fully saturated rings. The Morgan fingerprint density at radius 1 is 1.35 bits per heavy atom. The quantitative estimate of drug-likeness (QED) is 0.749. The van der Waals surface area contributed by atoms with Crippen LogP contribution in [0.5, 0.6) is 5.75 Å². The van der Waals surface area contributed by atoms with Crippen LogP contribution in [0.15, 0.2) is 23.1 Å². The van der Waals surface area contributed by atoms with Gasteiger partial charge in [0, 0.05) is 25.8 Å². The SMILES string of the molecule is COc1ccc(Cl)c(S(=O)(=O)N2CCC(OCCCN)CC2)c1. The summed E-state index contributed by atoms with van der Waals surface area (Å²) in [6.07, 6.45) is 2.25. The second-order valence-electron chi connectivity index (χ2n) is 5.41. The Bertz CT molecular complexity index is 616. The minimum absolute atomic E-state index is 0.0843. The third-order valence-electron chi connectivity index (χ3n) is 3.86. The number of hydrogen-bond donors (Lipinski definition) is 1. The number of piperidine rings is 1.